The van der Waals surface area contributed by atoms with E-state index in [1.54, 1.807) is 13.8 Å². The van der Waals surface area contributed by atoms with Crippen LogP contribution in [0.3, 0.4) is 0 Å². The van der Waals surface area contributed by atoms with Crippen LogP contribution >= 0.6 is 0 Å². The number of ether oxygens (including phenoxy) is 1. The van der Waals surface area contributed by atoms with Gasteiger partial charge in [-0.3, -0.25) is 4.79 Å². The summed E-state index contributed by atoms with van der Waals surface area (Å²) in [6, 6.07) is 1.95. The van der Waals surface area contributed by atoms with E-state index in [1.165, 1.54) is 0 Å². The highest BCUT2D eigenvalue weighted by atomic mass is 19.4. The molecule has 134 valence electrons. The van der Waals surface area contributed by atoms with Crippen LogP contribution in [-0.2, 0) is 22.1 Å². The van der Waals surface area contributed by atoms with E-state index in [2.05, 4.69) is 15.1 Å². The molecule has 7 nitrogen and oxygen atoms in total. The molecular weight excluding hydrogens is 339 g/mol. The van der Waals surface area contributed by atoms with Gasteiger partial charge in [-0.15, -0.1) is 5.10 Å². The van der Waals surface area contributed by atoms with Crippen molar-refractivity contribution in [2.24, 2.45) is 0 Å². The van der Waals surface area contributed by atoms with Crippen LogP contribution in [-0.4, -0.2) is 32.2 Å². The molecule has 2 rings (SSSR count). The van der Waals surface area contributed by atoms with Gasteiger partial charge >= 0.3 is 12.1 Å². The normalized spacial score (nSPS) is 11.5. The van der Waals surface area contributed by atoms with Gasteiger partial charge in [-0.2, -0.15) is 23.4 Å². The molecule has 2 aromatic rings. The third kappa shape index (κ3) is 4.43. The number of halogens is 3. The van der Waals surface area contributed by atoms with E-state index in [-0.39, 0.29) is 25.2 Å². The van der Waals surface area contributed by atoms with Crippen molar-refractivity contribution in [1.82, 2.24) is 19.6 Å². The Balaban J connectivity index is 2.13. The molecule has 0 spiro atoms. The number of unbranched alkanes of at least 4 members (excludes halogenated alkanes) is 1. The summed E-state index contributed by atoms with van der Waals surface area (Å²) in [6.07, 6.45) is -3.56. The minimum absolute atomic E-state index is 0.0578. The van der Waals surface area contributed by atoms with Crippen LogP contribution in [0.25, 0.3) is 5.78 Å². The van der Waals surface area contributed by atoms with Crippen molar-refractivity contribution in [3.8, 4) is 6.07 Å². The molecule has 0 N–H and O–H groups in total. The van der Waals surface area contributed by atoms with E-state index >= 15 is 0 Å². The van der Waals surface area contributed by atoms with E-state index in [1.807, 2.05) is 6.07 Å². The summed E-state index contributed by atoms with van der Waals surface area (Å²) in [4.78, 5) is 19.1. The molecule has 0 saturated carbocycles. The van der Waals surface area contributed by atoms with Crippen molar-refractivity contribution < 1.29 is 22.7 Å². The molecule has 0 aliphatic rings. The maximum atomic E-state index is 12.7. The van der Waals surface area contributed by atoms with Crippen molar-refractivity contribution in [2.75, 3.05) is 6.61 Å². The van der Waals surface area contributed by atoms with Crippen molar-refractivity contribution in [3.05, 3.63) is 22.8 Å². The van der Waals surface area contributed by atoms with Gasteiger partial charge in [-0.1, -0.05) is 0 Å². The van der Waals surface area contributed by atoms with E-state index in [9.17, 15) is 18.0 Å². The number of hydrogen-bond acceptors (Lipinski definition) is 6. The monoisotopic (exact) mass is 355 g/mol. The van der Waals surface area contributed by atoms with Gasteiger partial charge in [0.2, 0.25) is 0 Å². The van der Waals surface area contributed by atoms with Gasteiger partial charge in [0.25, 0.3) is 11.6 Å². The summed E-state index contributed by atoms with van der Waals surface area (Å²) in [7, 11) is 0. The standard InChI is InChI=1S/C15H16F3N5O2/c1-9-11(5-6-12(24)25-8-4-3-7-19)10(2)23-14(20-9)21-13(22-23)15(16,17)18/h3-6,8H2,1-2H3. The minimum atomic E-state index is -4.65. The predicted molar refractivity (Wildman–Crippen MR) is 79.4 cm³/mol. The molecule has 0 radical (unpaired) electrons. The second kappa shape index (κ2) is 7.46. The van der Waals surface area contributed by atoms with Crippen LogP contribution in [0.4, 0.5) is 13.2 Å². The molecule has 0 aromatic carbocycles. The van der Waals surface area contributed by atoms with Crippen molar-refractivity contribution in [2.45, 2.75) is 45.7 Å². The van der Waals surface area contributed by atoms with E-state index in [0.717, 1.165) is 4.52 Å². The van der Waals surface area contributed by atoms with E-state index < -0.39 is 18.0 Å². The first-order chi connectivity index (χ1) is 11.7. The number of esters is 1. The first-order valence-corrected chi connectivity index (χ1v) is 7.56. The largest absolute Gasteiger partial charge is 0.466 e. The summed E-state index contributed by atoms with van der Waals surface area (Å²) in [5.41, 5.74) is 1.56. The van der Waals surface area contributed by atoms with Gasteiger partial charge < -0.3 is 4.74 Å². The molecule has 0 saturated heterocycles. The molecule has 0 aliphatic heterocycles. The van der Waals surface area contributed by atoms with Crippen LogP contribution in [0, 0.1) is 25.2 Å². The van der Waals surface area contributed by atoms with Crippen molar-refractivity contribution in [3.63, 3.8) is 0 Å². The molecule has 2 heterocycles. The summed E-state index contributed by atoms with van der Waals surface area (Å²) < 4.78 is 44.2. The predicted octanol–water partition coefficient (Wildman–Crippen LogP) is 2.54. The Morgan fingerprint density at radius 2 is 2.04 bits per heavy atom. The molecule has 0 aliphatic carbocycles. The number of aromatic nitrogens is 4. The second-order valence-corrected chi connectivity index (χ2v) is 5.39. The quantitative estimate of drug-likeness (QED) is 0.584. The summed E-state index contributed by atoms with van der Waals surface area (Å²) in [5, 5.41) is 11.9. The van der Waals surface area contributed by atoms with E-state index in [4.69, 9.17) is 10.00 Å². The highest BCUT2D eigenvalue weighted by molar-refractivity contribution is 5.69. The summed E-state index contributed by atoms with van der Waals surface area (Å²) in [6.45, 7) is 3.41. The fraction of sp³-hybridized carbons (Fsp3) is 0.533. The fourth-order valence-electron chi connectivity index (χ4n) is 2.33. The van der Waals surface area contributed by atoms with Gasteiger partial charge in [0.1, 0.15) is 0 Å². The molecule has 0 fully saturated rings. The van der Waals surface area contributed by atoms with E-state index in [0.29, 0.717) is 29.8 Å². The van der Waals surface area contributed by atoms with Gasteiger partial charge in [-0.25, -0.2) is 9.50 Å². The van der Waals surface area contributed by atoms with Crippen molar-refractivity contribution >= 4 is 11.7 Å². The Hall–Kier alpha value is -2.70. The second-order valence-electron chi connectivity index (χ2n) is 5.39. The first kappa shape index (κ1) is 18.6. The minimum Gasteiger partial charge on any atom is -0.466 e. The molecule has 0 amide bonds. The zero-order chi connectivity index (χ0) is 18.6. The average molecular weight is 355 g/mol. The number of alkyl halides is 3. The lowest BCUT2D eigenvalue weighted by atomic mass is 10.1. The molecule has 0 bridgehead atoms. The van der Waals surface area contributed by atoms with Crippen LogP contribution in [0.2, 0.25) is 0 Å². The smallest absolute Gasteiger partial charge is 0.453 e. The molecular formula is C15H16F3N5O2. The number of nitrogens with zero attached hydrogens (tertiary/aromatic N) is 5. The Morgan fingerprint density at radius 3 is 2.68 bits per heavy atom. The number of aryl methyl sites for hydroxylation is 2. The number of hydrogen-bond donors (Lipinski definition) is 0. The maximum Gasteiger partial charge on any atom is 0.453 e. The van der Waals surface area contributed by atoms with Gasteiger partial charge in [0.15, 0.2) is 0 Å². The highest BCUT2D eigenvalue weighted by Crippen LogP contribution is 2.27. The molecule has 25 heavy (non-hydrogen) atoms. The Morgan fingerprint density at radius 1 is 1.32 bits per heavy atom. The van der Waals surface area contributed by atoms with Crippen LogP contribution in [0.5, 0.6) is 0 Å². The zero-order valence-corrected chi connectivity index (χ0v) is 13.7. The zero-order valence-electron chi connectivity index (χ0n) is 13.7. The summed E-state index contributed by atoms with van der Waals surface area (Å²) in [5.74, 6) is -1.83. The van der Waals surface area contributed by atoms with Crippen LogP contribution < -0.4 is 0 Å². The Kier molecular flexibility index (Phi) is 5.56. The van der Waals surface area contributed by atoms with Crippen LogP contribution in [0.15, 0.2) is 0 Å². The van der Waals surface area contributed by atoms with Gasteiger partial charge in [0.05, 0.1) is 12.7 Å². The lowest BCUT2D eigenvalue weighted by Gasteiger charge is -2.10. The highest BCUT2D eigenvalue weighted by Gasteiger charge is 2.36. The van der Waals surface area contributed by atoms with Crippen LogP contribution in [0.1, 0.15) is 42.0 Å². The number of carbonyl (C=O) groups is 1. The number of nitriles is 1. The maximum absolute atomic E-state index is 12.7. The molecule has 2 aromatic heterocycles. The Labute approximate surface area is 141 Å². The fourth-order valence-corrected chi connectivity index (χ4v) is 2.33. The number of carbonyl (C=O) groups excluding carboxylic acids is 1. The first-order valence-electron chi connectivity index (χ1n) is 7.56. The van der Waals surface area contributed by atoms with Gasteiger partial charge in [0, 0.05) is 24.2 Å². The third-order valence-corrected chi connectivity index (χ3v) is 3.58. The lowest BCUT2D eigenvalue weighted by Crippen LogP contribution is -2.11. The van der Waals surface area contributed by atoms with Crippen molar-refractivity contribution in [1.29, 1.82) is 5.26 Å². The molecule has 10 heteroatoms. The molecule has 0 atom stereocenters. The third-order valence-electron chi connectivity index (χ3n) is 3.58. The van der Waals surface area contributed by atoms with Gasteiger partial charge in [-0.05, 0) is 32.3 Å². The Bertz CT molecular complexity index is 823. The lowest BCUT2D eigenvalue weighted by molar-refractivity contribution is -0.145. The summed E-state index contributed by atoms with van der Waals surface area (Å²) >= 11 is 0. The SMILES string of the molecule is Cc1nc2nc(C(F)(F)F)nn2c(C)c1CCC(=O)OCCCC#N. The number of fused-ring (bicyclic) bond motifs is 1. The average Bonchev–Trinajstić information content (AvgIpc) is 2.95. The topological polar surface area (TPSA) is 93.2 Å². The molecule has 0 unspecified atom stereocenters. The number of rotatable bonds is 6.